The van der Waals surface area contributed by atoms with Crippen LogP contribution in [0.5, 0.6) is 0 Å². The molecule has 1 heterocycles. The lowest BCUT2D eigenvalue weighted by Crippen LogP contribution is -2.46. The normalized spacial score (nSPS) is 18.2. The summed E-state index contributed by atoms with van der Waals surface area (Å²) < 4.78 is 48.0. The van der Waals surface area contributed by atoms with Gasteiger partial charge in [-0.15, -0.1) is 0 Å². The summed E-state index contributed by atoms with van der Waals surface area (Å²) in [5, 5.41) is 8.95. The Kier molecular flexibility index (Phi) is 5.79. The fraction of sp³-hybridized carbons (Fsp3) is 0.467. The highest BCUT2D eigenvalue weighted by atomic mass is 19.4. The van der Waals surface area contributed by atoms with Crippen LogP contribution in [0.15, 0.2) is 24.3 Å². The van der Waals surface area contributed by atoms with Crippen LogP contribution in [0.1, 0.15) is 11.1 Å². The van der Waals surface area contributed by atoms with Crippen molar-refractivity contribution in [2.75, 3.05) is 26.4 Å². The van der Waals surface area contributed by atoms with Crippen molar-refractivity contribution >= 4 is 11.9 Å². The van der Waals surface area contributed by atoms with Gasteiger partial charge in [0.2, 0.25) is 0 Å². The zero-order valence-electron chi connectivity index (χ0n) is 12.6. The molecule has 1 unspecified atom stereocenters. The summed E-state index contributed by atoms with van der Waals surface area (Å²) in [6.45, 7) is -0.135. The van der Waals surface area contributed by atoms with Gasteiger partial charge in [0.1, 0.15) is 6.54 Å². The van der Waals surface area contributed by atoms with E-state index in [2.05, 4.69) is 0 Å². The molecule has 0 spiro atoms. The third-order valence-electron chi connectivity index (χ3n) is 3.38. The molecule has 1 fully saturated rings. The summed E-state index contributed by atoms with van der Waals surface area (Å²) in [5.41, 5.74) is -0.430. The first-order valence-electron chi connectivity index (χ1n) is 7.13. The Morgan fingerprint density at radius 1 is 1.21 bits per heavy atom. The SMILES string of the molecule is O=C(O)CN(Cc1ccc(C(F)(F)F)cc1)C(=O)C1COCCO1. The van der Waals surface area contributed by atoms with Crippen LogP contribution in [0.25, 0.3) is 0 Å². The molecule has 0 saturated carbocycles. The van der Waals surface area contributed by atoms with Crippen LogP contribution in [-0.4, -0.2) is 54.4 Å². The molecule has 1 atom stereocenters. The maximum absolute atomic E-state index is 12.6. The zero-order valence-corrected chi connectivity index (χ0v) is 12.6. The highest BCUT2D eigenvalue weighted by Gasteiger charge is 2.31. The third kappa shape index (κ3) is 4.93. The lowest BCUT2D eigenvalue weighted by atomic mass is 10.1. The summed E-state index contributed by atoms with van der Waals surface area (Å²) in [6, 6.07) is 4.20. The van der Waals surface area contributed by atoms with Crippen molar-refractivity contribution in [1.29, 1.82) is 0 Å². The number of halogens is 3. The molecule has 1 amide bonds. The molecule has 6 nitrogen and oxygen atoms in total. The van der Waals surface area contributed by atoms with Crippen molar-refractivity contribution in [3.63, 3.8) is 0 Å². The number of amides is 1. The molecular weight excluding hydrogens is 331 g/mol. The van der Waals surface area contributed by atoms with E-state index in [0.29, 0.717) is 12.2 Å². The van der Waals surface area contributed by atoms with Gasteiger partial charge in [0.15, 0.2) is 6.10 Å². The molecule has 24 heavy (non-hydrogen) atoms. The number of benzene rings is 1. The van der Waals surface area contributed by atoms with Gasteiger partial charge in [-0.2, -0.15) is 13.2 Å². The Bertz CT molecular complexity index is 582. The smallest absolute Gasteiger partial charge is 0.416 e. The van der Waals surface area contributed by atoms with Crippen molar-refractivity contribution < 1.29 is 37.3 Å². The monoisotopic (exact) mass is 347 g/mol. The fourth-order valence-electron chi connectivity index (χ4n) is 2.23. The number of aliphatic carboxylic acids is 1. The molecule has 1 aromatic carbocycles. The number of rotatable bonds is 5. The minimum atomic E-state index is -4.46. The number of carboxylic acids is 1. The van der Waals surface area contributed by atoms with E-state index in [0.717, 1.165) is 17.0 Å². The van der Waals surface area contributed by atoms with Gasteiger partial charge >= 0.3 is 12.1 Å². The second kappa shape index (κ2) is 7.63. The van der Waals surface area contributed by atoms with Crippen LogP contribution in [0, 0.1) is 0 Å². The van der Waals surface area contributed by atoms with E-state index in [1.807, 2.05) is 0 Å². The van der Waals surface area contributed by atoms with E-state index in [1.165, 1.54) is 12.1 Å². The largest absolute Gasteiger partial charge is 0.480 e. The summed E-state index contributed by atoms with van der Waals surface area (Å²) in [6.07, 6.45) is -5.37. The number of alkyl halides is 3. The van der Waals surface area contributed by atoms with Gasteiger partial charge in [-0.05, 0) is 17.7 Å². The summed E-state index contributed by atoms with van der Waals surface area (Å²) in [5.74, 6) is -1.80. The topological polar surface area (TPSA) is 76.1 Å². The number of carbonyl (C=O) groups is 2. The van der Waals surface area contributed by atoms with Gasteiger partial charge < -0.3 is 19.5 Å². The van der Waals surface area contributed by atoms with Gasteiger partial charge in [0.05, 0.1) is 25.4 Å². The Morgan fingerprint density at radius 2 is 1.88 bits per heavy atom. The Labute approximate surface area is 135 Å². The maximum atomic E-state index is 12.6. The molecule has 1 aliphatic heterocycles. The number of nitrogens with zero attached hydrogens (tertiary/aromatic N) is 1. The standard InChI is InChI=1S/C15H16F3NO5/c16-15(17,18)11-3-1-10(2-4-11)7-19(8-13(20)21)14(22)12-9-23-5-6-24-12/h1-4,12H,5-9H2,(H,20,21). The van der Waals surface area contributed by atoms with E-state index < -0.39 is 36.3 Å². The number of ether oxygens (including phenoxy) is 2. The van der Waals surface area contributed by atoms with Gasteiger partial charge in [0, 0.05) is 6.54 Å². The van der Waals surface area contributed by atoms with Crippen molar-refractivity contribution in [3.05, 3.63) is 35.4 Å². The van der Waals surface area contributed by atoms with E-state index in [9.17, 15) is 22.8 Å². The molecule has 132 valence electrons. The quantitative estimate of drug-likeness (QED) is 0.874. The molecule has 1 saturated heterocycles. The van der Waals surface area contributed by atoms with Crippen LogP contribution < -0.4 is 0 Å². The molecule has 1 N–H and O–H groups in total. The van der Waals surface area contributed by atoms with Gasteiger partial charge in [-0.1, -0.05) is 12.1 Å². The van der Waals surface area contributed by atoms with E-state index >= 15 is 0 Å². The van der Waals surface area contributed by atoms with E-state index in [4.69, 9.17) is 14.6 Å². The summed E-state index contributed by atoms with van der Waals surface area (Å²) in [7, 11) is 0. The molecule has 0 radical (unpaired) electrons. The minimum absolute atomic E-state index is 0.0158. The first-order valence-corrected chi connectivity index (χ1v) is 7.13. The number of carboxylic acid groups (broad SMARTS) is 1. The molecule has 1 aliphatic rings. The molecule has 2 rings (SSSR count). The van der Waals surface area contributed by atoms with E-state index in [-0.39, 0.29) is 19.8 Å². The van der Waals surface area contributed by atoms with Crippen LogP contribution in [0.2, 0.25) is 0 Å². The van der Waals surface area contributed by atoms with Gasteiger partial charge in [-0.25, -0.2) is 0 Å². The van der Waals surface area contributed by atoms with Crippen molar-refractivity contribution in [2.45, 2.75) is 18.8 Å². The molecule has 1 aromatic rings. The van der Waals surface area contributed by atoms with E-state index in [1.54, 1.807) is 0 Å². The van der Waals surface area contributed by atoms with Gasteiger partial charge in [0.25, 0.3) is 5.91 Å². The number of hydrogen-bond acceptors (Lipinski definition) is 4. The lowest BCUT2D eigenvalue weighted by molar-refractivity contribution is -0.162. The highest BCUT2D eigenvalue weighted by Crippen LogP contribution is 2.29. The predicted molar refractivity (Wildman–Crippen MR) is 75.1 cm³/mol. The second-order valence-electron chi connectivity index (χ2n) is 5.22. The molecular formula is C15H16F3NO5. The molecule has 9 heteroatoms. The van der Waals surface area contributed by atoms with Crippen LogP contribution in [-0.2, 0) is 31.8 Å². The first-order chi connectivity index (χ1) is 11.3. The second-order valence-corrected chi connectivity index (χ2v) is 5.22. The lowest BCUT2D eigenvalue weighted by Gasteiger charge is -2.28. The van der Waals surface area contributed by atoms with Crippen LogP contribution in [0.4, 0.5) is 13.2 Å². The number of hydrogen-bond donors (Lipinski definition) is 1. The van der Waals surface area contributed by atoms with Crippen LogP contribution in [0.3, 0.4) is 0 Å². The fourth-order valence-corrected chi connectivity index (χ4v) is 2.23. The van der Waals surface area contributed by atoms with Crippen molar-refractivity contribution in [2.24, 2.45) is 0 Å². The Balaban J connectivity index is 2.10. The average Bonchev–Trinajstić information content (AvgIpc) is 2.53. The van der Waals surface area contributed by atoms with Crippen LogP contribution >= 0.6 is 0 Å². The number of carbonyl (C=O) groups excluding carboxylic acids is 1. The Morgan fingerprint density at radius 3 is 2.38 bits per heavy atom. The highest BCUT2D eigenvalue weighted by molar-refractivity contribution is 5.84. The summed E-state index contributed by atoms with van der Waals surface area (Å²) in [4.78, 5) is 24.3. The third-order valence-corrected chi connectivity index (χ3v) is 3.38. The molecule has 0 aromatic heterocycles. The minimum Gasteiger partial charge on any atom is -0.480 e. The maximum Gasteiger partial charge on any atom is 0.416 e. The van der Waals surface area contributed by atoms with Crippen molar-refractivity contribution in [3.8, 4) is 0 Å². The Hall–Kier alpha value is -2.13. The first kappa shape index (κ1) is 18.2. The van der Waals surface area contributed by atoms with Gasteiger partial charge in [-0.3, -0.25) is 9.59 Å². The summed E-state index contributed by atoms with van der Waals surface area (Å²) >= 11 is 0. The predicted octanol–water partition coefficient (Wildman–Crippen LogP) is 1.53. The molecule has 0 aliphatic carbocycles. The van der Waals surface area contributed by atoms with Crippen molar-refractivity contribution in [1.82, 2.24) is 4.90 Å². The average molecular weight is 347 g/mol. The zero-order chi connectivity index (χ0) is 17.7. The molecule has 0 bridgehead atoms.